The van der Waals surface area contributed by atoms with E-state index in [0.29, 0.717) is 17.7 Å². The molecule has 146 valence electrons. The van der Waals surface area contributed by atoms with E-state index < -0.39 is 0 Å². The van der Waals surface area contributed by atoms with Gasteiger partial charge in [0.25, 0.3) is 5.91 Å². The molecule has 1 aliphatic carbocycles. The van der Waals surface area contributed by atoms with Gasteiger partial charge >= 0.3 is 0 Å². The highest BCUT2D eigenvalue weighted by Crippen LogP contribution is 2.23. The third kappa shape index (κ3) is 4.42. The van der Waals surface area contributed by atoms with Gasteiger partial charge in [-0.1, -0.05) is 12.1 Å². The second kappa shape index (κ2) is 8.57. The van der Waals surface area contributed by atoms with Crippen LogP contribution in [0.2, 0.25) is 0 Å². The third-order valence-corrected chi connectivity index (χ3v) is 5.51. The number of hydrogen-bond acceptors (Lipinski definition) is 4. The van der Waals surface area contributed by atoms with Gasteiger partial charge in [-0.05, 0) is 73.6 Å². The quantitative estimate of drug-likeness (QED) is 0.782. The summed E-state index contributed by atoms with van der Waals surface area (Å²) in [6.45, 7) is 1.37. The fourth-order valence-electron chi connectivity index (χ4n) is 3.91. The molecular weight excluding hydrogens is 354 g/mol. The van der Waals surface area contributed by atoms with Crippen LogP contribution < -0.4 is 10.1 Å². The molecule has 28 heavy (non-hydrogen) atoms. The molecule has 1 fully saturated rings. The fraction of sp³-hybridized carbons (Fsp3) is 0.391. The van der Waals surface area contributed by atoms with Crippen molar-refractivity contribution >= 4 is 12.2 Å². The number of aryl methyl sites for hydroxylation is 1. The van der Waals surface area contributed by atoms with E-state index in [1.165, 1.54) is 11.1 Å². The number of rotatable bonds is 6. The zero-order valence-electron chi connectivity index (χ0n) is 15.9. The van der Waals surface area contributed by atoms with E-state index >= 15 is 0 Å². The number of amides is 1. The van der Waals surface area contributed by atoms with Crippen LogP contribution in [0.5, 0.6) is 5.75 Å². The maximum absolute atomic E-state index is 12.6. The summed E-state index contributed by atoms with van der Waals surface area (Å²) in [7, 11) is 0. The van der Waals surface area contributed by atoms with E-state index in [-0.39, 0.29) is 18.1 Å². The average molecular weight is 379 g/mol. The van der Waals surface area contributed by atoms with Crippen molar-refractivity contribution in [2.24, 2.45) is 0 Å². The minimum absolute atomic E-state index is 0.0661. The highest BCUT2D eigenvalue weighted by molar-refractivity contribution is 5.94. The lowest BCUT2D eigenvalue weighted by molar-refractivity contribution is 0.0679. The lowest BCUT2D eigenvalue weighted by Gasteiger charge is -2.25. The minimum Gasteiger partial charge on any atom is -0.491 e. The molecule has 1 saturated heterocycles. The van der Waals surface area contributed by atoms with Crippen molar-refractivity contribution < 1.29 is 19.1 Å². The summed E-state index contributed by atoms with van der Waals surface area (Å²) >= 11 is 0. The molecule has 2 aromatic carbocycles. The SMILES string of the molecule is O=Cc1ccc2c(c1)CC[C@H](NC(=O)c1ccc(OC[C@@H]3CCCO3)cc1)C2. The molecule has 1 heterocycles. The Hall–Kier alpha value is -2.66. The van der Waals surface area contributed by atoms with Crippen molar-refractivity contribution in [2.75, 3.05) is 13.2 Å². The number of carbonyl (C=O) groups excluding carboxylic acids is 2. The smallest absolute Gasteiger partial charge is 0.251 e. The molecule has 1 aliphatic heterocycles. The summed E-state index contributed by atoms with van der Waals surface area (Å²) in [5.74, 6) is 0.688. The van der Waals surface area contributed by atoms with Gasteiger partial charge in [-0.25, -0.2) is 0 Å². The Morgan fingerprint density at radius 1 is 1.14 bits per heavy atom. The van der Waals surface area contributed by atoms with Crippen molar-refractivity contribution in [2.45, 2.75) is 44.2 Å². The molecule has 0 aromatic heterocycles. The molecule has 4 rings (SSSR count). The Balaban J connectivity index is 1.31. The molecule has 1 N–H and O–H groups in total. The molecule has 5 nitrogen and oxygen atoms in total. The highest BCUT2D eigenvalue weighted by Gasteiger charge is 2.21. The van der Waals surface area contributed by atoms with E-state index in [2.05, 4.69) is 5.32 Å². The van der Waals surface area contributed by atoms with Crippen LogP contribution in [0.4, 0.5) is 0 Å². The van der Waals surface area contributed by atoms with Crippen LogP contribution in [-0.2, 0) is 17.6 Å². The third-order valence-electron chi connectivity index (χ3n) is 5.51. The zero-order chi connectivity index (χ0) is 19.3. The van der Waals surface area contributed by atoms with Gasteiger partial charge in [0, 0.05) is 23.8 Å². The van der Waals surface area contributed by atoms with Crippen LogP contribution in [0.25, 0.3) is 0 Å². The first-order valence-corrected chi connectivity index (χ1v) is 9.93. The highest BCUT2D eigenvalue weighted by atomic mass is 16.5. The number of benzene rings is 2. The monoisotopic (exact) mass is 379 g/mol. The van der Waals surface area contributed by atoms with Crippen molar-refractivity contribution in [3.05, 3.63) is 64.7 Å². The van der Waals surface area contributed by atoms with E-state index in [1.54, 1.807) is 12.1 Å². The maximum atomic E-state index is 12.6. The van der Waals surface area contributed by atoms with Gasteiger partial charge in [0.1, 0.15) is 18.6 Å². The maximum Gasteiger partial charge on any atom is 0.251 e. The molecule has 0 radical (unpaired) electrons. The van der Waals surface area contributed by atoms with Crippen LogP contribution in [-0.4, -0.2) is 37.6 Å². The Bertz CT molecular complexity index is 840. The largest absolute Gasteiger partial charge is 0.491 e. The molecule has 0 unspecified atom stereocenters. The second-order valence-electron chi connectivity index (χ2n) is 7.53. The van der Waals surface area contributed by atoms with Crippen LogP contribution >= 0.6 is 0 Å². The van der Waals surface area contributed by atoms with Crippen molar-refractivity contribution in [3.8, 4) is 5.75 Å². The first-order valence-electron chi connectivity index (χ1n) is 9.93. The van der Waals surface area contributed by atoms with Crippen LogP contribution in [0.3, 0.4) is 0 Å². The van der Waals surface area contributed by atoms with Crippen molar-refractivity contribution in [3.63, 3.8) is 0 Å². The van der Waals surface area contributed by atoms with Gasteiger partial charge in [0.15, 0.2) is 0 Å². The summed E-state index contributed by atoms with van der Waals surface area (Å²) in [4.78, 5) is 23.5. The lowest BCUT2D eigenvalue weighted by atomic mass is 9.87. The molecule has 1 amide bonds. The van der Waals surface area contributed by atoms with Crippen LogP contribution in [0, 0.1) is 0 Å². The predicted molar refractivity (Wildman–Crippen MR) is 106 cm³/mol. The summed E-state index contributed by atoms with van der Waals surface area (Å²) in [5, 5.41) is 3.13. The Kier molecular flexibility index (Phi) is 5.72. The second-order valence-corrected chi connectivity index (χ2v) is 7.53. The van der Waals surface area contributed by atoms with Gasteiger partial charge in [-0.2, -0.15) is 0 Å². The topological polar surface area (TPSA) is 64.6 Å². The number of hydrogen-bond donors (Lipinski definition) is 1. The number of carbonyl (C=O) groups is 2. The summed E-state index contributed by atoms with van der Waals surface area (Å²) < 4.78 is 11.3. The number of aldehydes is 1. The van der Waals surface area contributed by atoms with E-state index in [9.17, 15) is 9.59 Å². The summed E-state index contributed by atoms with van der Waals surface area (Å²) in [5.41, 5.74) is 3.76. The average Bonchev–Trinajstić information content (AvgIpc) is 3.26. The van der Waals surface area contributed by atoms with Gasteiger partial charge < -0.3 is 14.8 Å². The normalized spacial score (nSPS) is 21.0. The van der Waals surface area contributed by atoms with Crippen molar-refractivity contribution in [1.82, 2.24) is 5.32 Å². The molecular formula is C23H25NO4. The Morgan fingerprint density at radius 2 is 2.00 bits per heavy atom. The van der Waals surface area contributed by atoms with Crippen LogP contribution in [0.1, 0.15) is 51.1 Å². The number of nitrogens with one attached hydrogen (secondary N) is 1. The van der Waals surface area contributed by atoms with Gasteiger partial charge in [-0.15, -0.1) is 0 Å². The molecule has 2 atom stereocenters. The minimum atomic E-state index is -0.0661. The number of fused-ring (bicyclic) bond motifs is 1. The fourth-order valence-corrected chi connectivity index (χ4v) is 3.91. The Morgan fingerprint density at radius 3 is 2.75 bits per heavy atom. The molecule has 5 heteroatoms. The summed E-state index contributed by atoms with van der Waals surface area (Å²) in [6.07, 6.45) is 5.74. The van der Waals surface area contributed by atoms with E-state index in [0.717, 1.165) is 50.7 Å². The molecule has 0 saturated carbocycles. The first-order chi connectivity index (χ1) is 13.7. The molecule has 2 aliphatic rings. The van der Waals surface area contributed by atoms with Crippen LogP contribution in [0.15, 0.2) is 42.5 Å². The van der Waals surface area contributed by atoms with E-state index in [4.69, 9.17) is 9.47 Å². The van der Waals surface area contributed by atoms with Crippen molar-refractivity contribution in [1.29, 1.82) is 0 Å². The van der Waals surface area contributed by atoms with Gasteiger partial charge in [0.2, 0.25) is 0 Å². The van der Waals surface area contributed by atoms with Gasteiger partial charge in [-0.3, -0.25) is 9.59 Å². The Labute approximate surface area is 165 Å². The number of ether oxygens (including phenoxy) is 2. The van der Waals surface area contributed by atoms with E-state index in [1.807, 2.05) is 30.3 Å². The molecule has 0 spiro atoms. The molecule has 0 bridgehead atoms. The zero-order valence-corrected chi connectivity index (χ0v) is 15.9. The standard InChI is InChI=1S/C23H25NO4/c25-14-16-3-4-19-13-20(8-5-18(19)12-16)24-23(26)17-6-9-21(10-7-17)28-15-22-2-1-11-27-22/h3-4,6-7,9-10,12,14,20,22H,1-2,5,8,11,13,15H2,(H,24,26)/t20-,22-/m0/s1. The summed E-state index contributed by atoms with van der Waals surface area (Å²) in [6, 6.07) is 13.2. The lowest BCUT2D eigenvalue weighted by Crippen LogP contribution is -2.38. The molecule has 2 aromatic rings. The predicted octanol–water partition coefficient (Wildman–Crippen LogP) is 3.34. The van der Waals surface area contributed by atoms with Gasteiger partial charge in [0.05, 0.1) is 6.10 Å². The first kappa shape index (κ1) is 18.7.